The molecule has 1 N–H and O–H groups in total. The smallest absolute Gasteiger partial charge is 0.260 e. The second-order valence-electron chi connectivity index (χ2n) is 5.86. The Kier molecular flexibility index (Phi) is 4.04. The van der Waals surface area contributed by atoms with Gasteiger partial charge in [0, 0.05) is 31.2 Å². The number of rotatable bonds is 3. The minimum atomic E-state index is -0.305. The van der Waals surface area contributed by atoms with Crippen molar-refractivity contribution < 1.29 is 4.79 Å². The molecule has 1 amide bonds. The summed E-state index contributed by atoms with van der Waals surface area (Å²) in [6.07, 6.45) is 5.51. The van der Waals surface area contributed by atoms with Gasteiger partial charge < -0.3 is 9.88 Å². The van der Waals surface area contributed by atoms with Gasteiger partial charge in [0.15, 0.2) is 0 Å². The lowest BCUT2D eigenvalue weighted by atomic mass is 10.00. The fourth-order valence-electron chi connectivity index (χ4n) is 2.95. The molecule has 0 aromatic carbocycles. The van der Waals surface area contributed by atoms with Gasteiger partial charge in [0.2, 0.25) is 0 Å². The molecule has 0 aliphatic carbocycles. The summed E-state index contributed by atoms with van der Waals surface area (Å²) in [4.78, 5) is 33.0. The summed E-state index contributed by atoms with van der Waals surface area (Å²) in [5, 5.41) is 0. The number of H-pyrrole nitrogens is 1. The normalized spacial score (nSPS) is 17.7. The minimum Gasteiger partial charge on any atom is -0.338 e. The SMILES string of the molecule is Cc1ccc(C(=O)N2CCC(Cc3cccnc3)C2)c(=O)[nH]1. The zero-order valence-corrected chi connectivity index (χ0v) is 12.6. The molecule has 0 saturated carbocycles. The number of carbonyl (C=O) groups is 1. The maximum Gasteiger partial charge on any atom is 0.260 e. The zero-order chi connectivity index (χ0) is 15.5. The van der Waals surface area contributed by atoms with Gasteiger partial charge in [-0.25, -0.2) is 0 Å². The largest absolute Gasteiger partial charge is 0.338 e. The van der Waals surface area contributed by atoms with E-state index in [2.05, 4.69) is 16.0 Å². The molecule has 1 fully saturated rings. The molecule has 22 heavy (non-hydrogen) atoms. The van der Waals surface area contributed by atoms with E-state index in [-0.39, 0.29) is 17.0 Å². The van der Waals surface area contributed by atoms with Crippen LogP contribution in [0.3, 0.4) is 0 Å². The van der Waals surface area contributed by atoms with Gasteiger partial charge >= 0.3 is 0 Å². The lowest BCUT2D eigenvalue weighted by molar-refractivity contribution is 0.0785. The summed E-state index contributed by atoms with van der Waals surface area (Å²) in [6.45, 7) is 3.20. The van der Waals surface area contributed by atoms with Gasteiger partial charge in [-0.2, -0.15) is 0 Å². The van der Waals surface area contributed by atoms with Gasteiger partial charge in [-0.05, 0) is 49.4 Å². The van der Waals surface area contributed by atoms with Crippen LogP contribution in [0.4, 0.5) is 0 Å². The Balaban J connectivity index is 1.67. The molecule has 1 atom stereocenters. The Morgan fingerprint density at radius 3 is 3.00 bits per heavy atom. The Bertz CT molecular complexity index is 724. The molecule has 1 saturated heterocycles. The summed E-state index contributed by atoms with van der Waals surface area (Å²) in [7, 11) is 0. The zero-order valence-electron chi connectivity index (χ0n) is 12.6. The maximum atomic E-state index is 12.5. The average Bonchev–Trinajstić information content (AvgIpc) is 2.96. The van der Waals surface area contributed by atoms with Crippen LogP contribution in [0.15, 0.2) is 41.5 Å². The number of aromatic nitrogens is 2. The molecule has 3 rings (SSSR count). The molecule has 1 aliphatic heterocycles. The van der Waals surface area contributed by atoms with Gasteiger partial charge in [0.25, 0.3) is 11.5 Å². The van der Waals surface area contributed by atoms with E-state index >= 15 is 0 Å². The first-order chi connectivity index (χ1) is 10.6. The first kappa shape index (κ1) is 14.5. The number of hydrogen-bond acceptors (Lipinski definition) is 3. The third-order valence-corrected chi connectivity index (χ3v) is 4.11. The minimum absolute atomic E-state index is 0.171. The second-order valence-corrected chi connectivity index (χ2v) is 5.86. The van der Waals surface area contributed by atoms with Crippen molar-refractivity contribution in [3.63, 3.8) is 0 Å². The monoisotopic (exact) mass is 297 g/mol. The van der Waals surface area contributed by atoms with Crippen LogP contribution in [0.2, 0.25) is 0 Å². The number of aryl methyl sites for hydroxylation is 1. The topological polar surface area (TPSA) is 66.1 Å². The van der Waals surface area contributed by atoms with Crippen LogP contribution in [0.1, 0.15) is 28.0 Å². The van der Waals surface area contributed by atoms with Crippen molar-refractivity contribution in [2.24, 2.45) is 5.92 Å². The van der Waals surface area contributed by atoms with E-state index in [0.717, 1.165) is 18.5 Å². The first-order valence-electron chi connectivity index (χ1n) is 7.51. The fourth-order valence-corrected chi connectivity index (χ4v) is 2.95. The molecule has 2 aromatic rings. The third kappa shape index (κ3) is 3.08. The molecular weight excluding hydrogens is 278 g/mol. The van der Waals surface area contributed by atoms with E-state index < -0.39 is 0 Å². The van der Waals surface area contributed by atoms with E-state index in [1.165, 1.54) is 5.56 Å². The Labute approximate surface area is 129 Å². The number of nitrogens with zero attached hydrogens (tertiary/aromatic N) is 2. The van der Waals surface area contributed by atoms with Crippen LogP contribution in [-0.2, 0) is 6.42 Å². The molecular formula is C17H19N3O2. The van der Waals surface area contributed by atoms with E-state index in [1.54, 1.807) is 30.2 Å². The first-order valence-corrected chi connectivity index (χ1v) is 7.51. The van der Waals surface area contributed by atoms with Crippen LogP contribution in [0, 0.1) is 12.8 Å². The molecule has 114 valence electrons. The highest BCUT2D eigenvalue weighted by atomic mass is 16.2. The Morgan fingerprint density at radius 2 is 2.27 bits per heavy atom. The molecule has 2 aromatic heterocycles. The van der Waals surface area contributed by atoms with E-state index in [4.69, 9.17) is 0 Å². The number of hydrogen-bond donors (Lipinski definition) is 1. The van der Waals surface area contributed by atoms with E-state index in [9.17, 15) is 9.59 Å². The summed E-state index contributed by atoms with van der Waals surface area (Å²) >= 11 is 0. The van der Waals surface area contributed by atoms with Crippen molar-refractivity contribution in [1.82, 2.24) is 14.9 Å². The van der Waals surface area contributed by atoms with Crippen molar-refractivity contribution in [3.8, 4) is 0 Å². The van der Waals surface area contributed by atoms with E-state index in [0.29, 0.717) is 19.0 Å². The average molecular weight is 297 g/mol. The van der Waals surface area contributed by atoms with Crippen LogP contribution in [-0.4, -0.2) is 33.9 Å². The molecule has 1 aliphatic rings. The molecule has 0 bridgehead atoms. The highest BCUT2D eigenvalue weighted by Crippen LogP contribution is 2.21. The van der Waals surface area contributed by atoms with Crippen LogP contribution in [0.25, 0.3) is 0 Å². The number of likely N-dealkylation sites (tertiary alicyclic amines) is 1. The predicted octanol–water partition coefficient (Wildman–Crippen LogP) is 1.78. The van der Waals surface area contributed by atoms with Gasteiger partial charge in [-0.3, -0.25) is 14.6 Å². The molecule has 5 nitrogen and oxygen atoms in total. The van der Waals surface area contributed by atoms with Gasteiger partial charge in [-0.1, -0.05) is 6.07 Å². The molecule has 0 radical (unpaired) electrons. The maximum absolute atomic E-state index is 12.5. The third-order valence-electron chi connectivity index (χ3n) is 4.11. The second kappa shape index (κ2) is 6.13. The Morgan fingerprint density at radius 1 is 1.41 bits per heavy atom. The quantitative estimate of drug-likeness (QED) is 0.939. The lowest BCUT2D eigenvalue weighted by Gasteiger charge is -2.16. The van der Waals surface area contributed by atoms with Crippen molar-refractivity contribution in [2.45, 2.75) is 19.8 Å². The van der Waals surface area contributed by atoms with Gasteiger partial charge in [-0.15, -0.1) is 0 Å². The van der Waals surface area contributed by atoms with E-state index in [1.807, 2.05) is 12.3 Å². The van der Waals surface area contributed by atoms with Crippen LogP contribution in [0.5, 0.6) is 0 Å². The molecule has 0 spiro atoms. The number of aromatic amines is 1. The summed E-state index contributed by atoms with van der Waals surface area (Å²) in [5.41, 5.74) is 1.88. The van der Waals surface area contributed by atoms with Crippen molar-refractivity contribution in [1.29, 1.82) is 0 Å². The highest BCUT2D eigenvalue weighted by Gasteiger charge is 2.28. The van der Waals surface area contributed by atoms with Crippen molar-refractivity contribution >= 4 is 5.91 Å². The highest BCUT2D eigenvalue weighted by molar-refractivity contribution is 5.94. The van der Waals surface area contributed by atoms with Crippen LogP contribution >= 0.6 is 0 Å². The predicted molar refractivity (Wildman–Crippen MR) is 83.8 cm³/mol. The standard InChI is InChI=1S/C17H19N3O2/c1-12-4-5-15(16(21)19-12)17(22)20-8-6-14(11-20)9-13-3-2-7-18-10-13/h2-5,7,10,14H,6,8-9,11H2,1H3,(H,19,21). The molecule has 5 heteroatoms. The Hall–Kier alpha value is -2.43. The number of nitrogens with one attached hydrogen (secondary N) is 1. The van der Waals surface area contributed by atoms with Gasteiger partial charge in [0.1, 0.15) is 5.56 Å². The van der Waals surface area contributed by atoms with Gasteiger partial charge in [0.05, 0.1) is 0 Å². The fraction of sp³-hybridized carbons (Fsp3) is 0.353. The van der Waals surface area contributed by atoms with Crippen LogP contribution < -0.4 is 5.56 Å². The van der Waals surface area contributed by atoms with Crippen molar-refractivity contribution in [3.05, 3.63) is 63.8 Å². The molecule has 3 heterocycles. The molecule has 1 unspecified atom stereocenters. The number of amides is 1. The number of carbonyl (C=O) groups excluding carboxylic acids is 1. The summed E-state index contributed by atoms with van der Waals surface area (Å²) in [6, 6.07) is 7.37. The summed E-state index contributed by atoms with van der Waals surface area (Å²) < 4.78 is 0. The number of pyridine rings is 2. The van der Waals surface area contributed by atoms with Crippen molar-refractivity contribution in [2.75, 3.05) is 13.1 Å². The summed E-state index contributed by atoms with van der Waals surface area (Å²) in [5.74, 6) is 0.257. The lowest BCUT2D eigenvalue weighted by Crippen LogP contribution is -2.33.